The van der Waals surface area contributed by atoms with Crippen LogP contribution in [-0.4, -0.2) is 44.9 Å². The first-order valence-electron chi connectivity index (χ1n) is 9.45. The van der Waals surface area contributed by atoms with Crippen molar-refractivity contribution >= 4 is 37.5 Å². The fraction of sp³-hybridized carbons (Fsp3) is 0.381. The maximum absolute atomic E-state index is 13.0. The van der Waals surface area contributed by atoms with Crippen LogP contribution in [0.2, 0.25) is 0 Å². The number of rotatable bonds is 6. The molecule has 0 aliphatic carbocycles. The molecule has 6 nitrogen and oxygen atoms in total. The van der Waals surface area contributed by atoms with Crippen molar-refractivity contribution in [2.24, 2.45) is 0 Å². The zero-order valence-electron chi connectivity index (χ0n) is 17.0. The number of benzene rings is 2. The number of ether oxygens (including phenoxy) is 1. The molecule has 156 valence electrons. The molecular weight excluding hydrogens is 456 g/mol. The smallest absolute Gasteiger partial charge is 0.243 e. The van der Waals surface area contributed by atoms with Crippen LogP contribution in [0.15, 0.2) is 45.8 Å². The molecule has 1 atom stereocenters. The Balaban J connectivity index is 1.80. The van der Waals surface area contributed by atoms with E-state index in [9.17, 15) is 13.2 Å². The molecule has 0 fully saturated rings. The van der Waals surface area contributed by atoms with Gasteiger partial charge in [-0.15, -0.1) is 0 Å². The molecule has 2 aromatic carbocycles. The van der Waals surface area contributed by atoms with Gasteiger partial charge < -0.3 is 9.64 Å². The van der Waals surface area contributed by atoms with Crippen LogP contribution in [0.4, 0.5) is 5.69 Å². The van der Waals surface area contributed by atoms with Gasteiger partial charge in [-0.1, -0.05) is 15.9 Å². The number of aryl methyl sites for hydroxylation is 1. The van der Waals surface area contributed by atoms with Crippen molar-refractivity contribution in [2.45, 2.75) is 38.1 Å². The lowest BCUT2D eigenvalue weighted by Crippen LogP contribution is -2.43. The Kier molecular flexibility index (Phi) is 6.36. The number of carbonyl (C=O) groups excluding carboxylic acids is 1. The van der Waals surface area contributed by atoms with Crippen LogP contribution in [0, 0.1) is 6.92 Å². The van der Waals surface area contributed by atoms with E-state index >= 15 is 0 Å². The number of amides is 1. The maximum atomic E-state index is 13.0. The third-order valence-electron chi connectivity index (χ3n) is 5.04. The van der Waals surface area contributed by atoms with Crippen LogP contribution in [0.25, 0.3) is 0 Å². The minimum atomic E-state index is -3.80. The van der Waals surface area contributed by atoms with Gasteiger partial charge in [0, 0.05) is 23.2 Å². The van der Waals surface area contributed by atoms with Gasteiger partial charge in [-0.3, -0.25) is 4.79 Å². The lowest BCUT2D eigenvalue weighted by Gasteiger charge is -2.25. The molecule has 0 saturated heterocycles. The van der Waals surface area contributed by atoms with Crippen LogP contribution in [0.1, 0.15) is 25.0 Å². The third kappa shape index (κ3) is 4.34. The second-order valence-corrected chi connectivity index (χ2v) is 10.2. The molecule has 2 aromatic rings. The summed E-state index contributed by atoms with van der Waals surface area (Å²) >= 11 is 3.45. The van der Waals surface area contributed by atoms with Crippen molar-refractivity contribution in [3.8, 4) is 5.75 Å². The van der Waals surface area contributed by atoms with Gasteiger partial charge >= 0.3 is 0 Å². The molecule has 3 rings (SSSR count). The summed E-state index contributed by atoms with van der Waals surface area (Å²) in [5.41, 5.74) is 2.65. The van der Waals surface area contributed by atoms with Crippen molar-refractivity contribution in [2.75, 3.05) is 25.1 Å². The summed E-state index contributed by atoms with van der Waals surface area (Å²) < 4.78 is 33.5. The van der Waals surface area contributed by atoms with E-state index in [4.69, 9.17) is 4.74 Å². The number of halogens is 1. The molecule has 0 aromatic heterocycles. The van der Waals surface area contributed by atoms with E-state index < -0.39 is 10.0 Å². The minimum Gasteiger partial charge on any atom is -0.494 e. The zero-order chi connectivity index (χ0) is 21.3. The molecule has 0 spiro atoms. The molecule has 0 N–H and O–H groups in total. The van der Waals surface area contributed by atoms with E-state index in [0.717, 1.165) is 32.0 Å². The highest BCUT2D eigenvalue weighted by Crippen LogP contribution is 2.34. The predicted octanol–water partition coefficient (Wildman–Crippen LogP) is 3.75. The van der Waals surface area contributed by atoms with Gasteiger partial charge in [-0.25, -0.2) is 8.42 Å². The van der Waals surface area contributed by atoms with Gasteiger partial charge in [0.2, 0.25) is 15.9 Å². The molecule has 8 heteroatoms. The molecular formula is C21H25BrN2O4S. The predicted molar refractivity (Wildman–Crippen MR) is 117 cm³/mol. The fourth-order valence-corrected chi connectivity index (χ4v) is 5.23. The van der Waals surface area contributed by atoms with Crippen LogP contribution in [0.5, 0.6) is 5.75 Å². The average Bonchev–Trinajstić information content (AvgIpc) is 2.98. The largest absolute Gasteiger partial charge is 0.494 e. The Bertz CT molecular complexity index is 1040. The molecule has 0 unspecified atom stereocenters. The molecule has 1 aliphatic rings. The number of anilines is 1. The minimum absolute atomic E-state index is 0.0179. The van der Waals surface area contributed by atoms with E-state index in [1.54, 1.807) is 24.0 Å². The van der Waals surface area contributed by atoms with Crippen LogP contribution >= 0.6 is 15.9 Å². The summed E-state index contributed by atoms with van der Waals surface area (Å²) in [5.74, 6) is 0.408. The first-order valence-corrected chi connectivity index (χ1v) is 11.7. The van der Waals surface area contributed by atoms with Crippen molar-refractivity contribution in [3.63, 3.8) is 0 Å². The summed E-state index contributed by atoms with van der Waals surface area (Å²) in [6.07, 6.45) is 0.745. The molecule has 29 heavy (non-hydrogen) atoms. The molecule has 1 amide bonds. The normalized spacial score (nSPS) is 16.2. The van der Waals surface area contributed by atoms with Crippen LogP contribution < -0.4 is 9.64 Å². The number of carbonyl (C=O) groups is 1. The third-order valence-corrected chi connectivity index (χ3v) is 7.33. The fourth-order valence-electron chi connectivity index (χ4n) is 3.61. The summed E-state index contributed by atoms with van der Waals surface area (Å²) in [6.45, 7) is 5.92. The summed E-state index contributed by atoms with van der Waals surface area (Å²) in [6, 6.07) is 10.5. The van der Waals surface area contributed by atoms with Gasteiger partial charge in [0.25, 0.3) is 0 Å². The van der Waals surface area contributed by atoms with E-state index in [-0.39, 0.29) is 23.4 Å². The van der Waals surface area contributed by atoms with Gasteiger partial charge in [0.1, 0.15) is 5.75 Å². The topological polar surface area (TPSA) is 66.9 Å². The van der Waals surface area contributed by atoms with Crippen LogP contribution in [-0.2, 0) is 21.2 Å². The summed E-state index contributed by atoms with van der Waals surface area (Å²) in [4.78, 5) is 14.8. The number of likely N-dealkylation sites (N-methyl/N-ethyl adjacent to an activating group) is 1. The lowest BCUT2D eigenvalue weighted by molar-refractivity contribution is -0.118. The van der Waals surface area contributed by atoms with Gasteiger partial charge in [0.05, 0.1) is 18.0 Å². The maximum Gasteiger partial charge on any atom is 0.243 e. The second kappa shape index (κ2) is 8.45. The van der Waals surface area contributed by atoms with E-state index in [1.807, 2.05) is 32.0 Å². The number of sulfonamides is 1. The average molecular weight is 481 g/mol. The van der Waals surface area contributed by atoms with Crippen LogP contribution in [0.3, 0.4) is 0 Å². The highest BCUT2D eigenvalue weighted by molar-refractivity contribution is 9.10. The van der Waals surface area contributed by atoms with Crippen molar-refractivity contribution in [1.29, 1.82) is 0 Å². The Morgan fingerprint density at radius 1 is 1.28 bits per heavy atom. The molecule has 1 aliphatic heterocycles. The van der Waals surface area contributed by atoms with Crippen molar-refractivity contribution in [3.05, 3.63) is 52.0 Å². The summed E-state index contributed by atoms with van der Waals surface area (Å²) in [5, 5.41) is 0. The van der Waals surface area contributed by atoms with Gasteiger partial charge in [-0.2, -0.15) is 4.31 Å². The lowest BCUT2D eigenvalue weighted by atomic mass is 10.1. The van der Waals surface area contributed by atoms with Crippen molar-refractivity contribution in [1.82, 2.24) is 4.31 Å². The number of nitrogens with zero attached hydrogens (tertiary/aromatic N) is 2. The highest BCUT2D eigenvalue weighted by atomic mass is 79.9. The Hall–Kier alpha value is -1.90. The first-order chi connectivity index (χ1) is 13.6. The number of hydrogen-bond acceptors (Lipinski definition) is 4. The van der Waals surface area contributed by atoms with E-state index in [0.29, 0.717) is 12.4 Å². The first kappa shape index (κ1) is 21.8. The van der Waals surface area contributed by atoms with Gasteiger partial charge in [0.15, 0.2) is 0 Å². The summed E-state index contributed by atoms with van der Waals surface area (Å²) in [7, 11) is -2.36. The Labute approximate surface area is 180 Å². The van der Waals surface area contributed by atoms with E-state index in [2.05, 4.69) is 15.9 Å². The van der Waals surface area contributed by atoms with Crippen molar-refractivity contribution < 1.29 is 17.9 Å². The quantitative estimate of drug-likeness (QED) is 0.631. The molecule has 0 radical (unpaired) electrons. The Morgan fingerprint density at radius 3 is 2.66 bits per heavy atom. The molecule has 1 heterocycles. The molecule has 0 bridgehead atoms. The highest BCUT2D eigenvalue weighted by Gasteiger charge is 2.33. The number of fused-ring (bicyclic) bond motifs is 1. The molecule has 0 saturated carbocycles. The second-order valence-electron chi connectivity index (χ2n) is 7.21. The zero-order valence-corrected chi connectivity index (χ0v) is 19.4. The standard InChI is InChI=1S/C21H25BrN2O4S/c1-5-28-20-9-7-18(10-14(20)2)29(26,27)23(4)13-21(25)24-15(3)11-16-12-17(22)6-8-19(16)24/h6-10,12,15H,5,11,13H2,1-4H3/t15-/m0/s1. The van der Waals surface area contributed by atoms with Gasteiger partial charge in [-0.05, 0) is 74.7 Å². The number of hydrogen-bond donors (Lipinski definition) is 0. The SMILES string of the molecule is CCOc1ccc(S(=O)(=O)N(C)CC(=O)N2c3ccc(Br)cc3C[C@@H]2C)cc1C. The van der Waals surface area contributed by atoms with E-state index in [1.165, 1.54) is 13.1 Å². The monoisotopic (exact) mass is 480 g/mol. The Morgan fingerprint density at radius 2 is 2.00 bits per heavy atom.